The zero-order valence-electron chi connectivity index (χ0n) is 12.3. The second-order valence-electron chi connectivity index (χ2n) is 4.53. The van der Waals surface area contributed by atoms with E-state index in [1.165, 1.54) is 0 Å². The summed E-state index contributed by atoms with van der Waals surface area (Å²) in [6, 6.07) is 7.18. The second-order valence-corrected chi connectivity index (χ2v) is 4.53. The van der Waals surface area contributed by atoms with E-state index < -0.39 is 0 Å². The van der Waals surface area contributed by atoms with Crippen LogP contribution in [0.5, 0.6) is 0 Å². The highest BCUT2D eigenvalue weighted by atomic mass is 16.6. The molecule has 0 aromatic carbocycles. The molecule has 0 aliphatic rings. The van der Waals surface area contributed by atoms with Crippen LogP contribution in [0.15, 0.2) is 30.5 Å². The number of amides is 1. The fraction of sp³-hybridized carbons (Fsp3) is 0.267. The van der Waals surface area contributed by atoms with Crippen molar-refractivity contribution in [2.24, 2.45) is 0 Å². The van der Waals surface area contributed by atoms with Crippen LogP contribution in [0.2, 0.25) is 0 Å². The first-order chi connectivity index (χ1) is 10.1. The van der Waals surface area contributed by atoms with Gasteiger partial charge in [0, 0.05) is 23.3 Å². The summed E-state index contributed by atoms with van der Waals surface area (Å²) in [7, 11) is 0. The van der Waals surface area contributed by atoms with Gasteiger partial charge in [-0.25, -0.2) is 10.5 Å². The molecule has 2 heterocycles. The smallest absolute Gasteiger partial charge is 0.278 e. The summed E-state index contributed by atoms with van der Waals surface area (Å²) in [5.74, 6) is 0.134. The van der Waals surface area contributed by atoms with Gasteiger partial charge in [-0.05, 0) is 45.0 Å². The van der Waals surface area contributed by atoms with Crippen molar-refractivity contribution in [3.8, 4) is 0 Å². The number of carbonyl (C=O) groups excluding carboxylic acids is 1. The van der Waals surface area contributed by atoms with Crippen LogP contribution < -0.4 is 10.8 Å². The van der Waals surface area contributed by atoms with Crippen molar-refractivity contribution in [2.75, 3.05) is 11.9 Å². The molecular weight excluding hydrogens is 268 g/mol. The van der Waals surface area contributed by atoms with Gasteiger partial charge >= 0.3 is 0 Å². The summed E-state index contributed by atoms with van der Waals surface area (Å²) < 4.78 is 0. The predicted molar refractivity (Wildman–Crippen MR) is 80.3 cm³/mol. The van der Waals surface area contributed by atoms with Crippen molar-refractivity contribution >= 4 is 17.4 Å². The molecule has 2 rings (SSSR count). The SMILES string of the molecule is CCONC(=O)c1cccnc1Nc1cc(C)nc(C)c1. The van der Waals surface area contributed by atoms with Gasteiger partial charge in [0.25, 0.3) is 5.91 Å². The molecule has 0 saturated carbocycles. The molecule has 6 heteroatoms. The molecule has 1 amide bonds. The van der Waals surface area contributed by atoms with Gasteiger partial charge in [0.2, 0.25) is 0 Å². The highest BCUT2D eigenvalue weighted by Gasteiger charge is 2.12. The van der Waals surface area contributed by atoms with E-state index >= 15 is 0 Å². The highest BCUT2D eigenvalue weighted by Crippen LogP contribution is 2.19. The minimum Gasteiger partial charge on any atom is -0.339 e. The number of pyridine rings is 2. The van der Waals surface area contributed by atoms with Crippen LogP contribution >= 0.6 is 0 Å². The molecule has 0 saturated heterocycles. The number of aryl methyl sites for hydroxylation is 2. The lowest BCUT2D eigenvalue weighted by molar-refractivity contribution is 0.0365. The van der Waals surface area contributed by atoms with E-state index in [1.807, 2.05) is 26.0 Å². The van der Waals surface area contributed by atoms with Crippen LogP contribution in [-0.2, 0) is 4.84 Å². The normalized spacial score (nSPS) is 10.2. The van der Waals surface area contributed by atoms with Gasteiger partial charge in [0.05, 0.1) is 12.2 Å². The van der Waals surface area contributed by atoms with Crippen molar-refractivity contribution in [1.29, 1.82) is 0 Å². The summed E-state index contributed by atoms with van der Waals surface area (Å²) in [6.45, 7) is 6.03. The lowest BCUT2D eigenvalue weighted by Crippen LogP contribution is -2.24. The Morgan fingerprint density at radius 1 is 1.29 bits per heavy atom. The van der Waals surface area contributed by atoms with Crippen molar-refractivity contribution in [2.45, 2.75) is 20.8 Å². The van der Waals surface area contributed by atoms with Crippen LogP contribution in [0.25, 0.3) is 0 Å². The van der Waals surface area contributed by atoms with E-state index in [9.17, 15) is 4.79 Å². The first-order valence-corrected chi connectivity index (χ1v) is 6.69. The summed E-state index contributed by atoms with van der Waals surface area (Å²) in [5.41, 5.74) is 5.41. The molecule has 6 nitrogen and oxygen atoms in total. The number of carbonyl (C=O) groups is 1. The molecule has 0 aliphatic heterocycles. The molecule has 2 aromatic rings. The highest BCUT2D eigenvalue weighted by molar-refractivity contribution is 5.98. The maximum absolute atomic E-state index is 12.0. The Kier molecular flexibility index (Phi) is 4.84. The maximum atomic E-state index is 12.0. The van der Waals surface area contributed by atoms with Gasteiger partial charge in [-0.3, -0.25) is 14.6 Å². The largest absolute Gasteiger partial charge is 0.339 e. The Balaban J connectivity index is 2.25. The molecular formula is C15H18N4O2. The molecule has 0 spiro atoms. The number of nitrogens with zero attached hydrogens (tertiary/aromatic N) is 2. The molecule has 21 heavy (non-hydrogen) atoms. The van der Waals surface area contributed by atoms with E-state index in [0.29, 0.717) is 18.0 Å². The molecule has 0 radical (unpaired) electrons. The van der Waals surface area contributed by atoms with Gasteiger partial charge in [-0.15, -0.1) is 0 Å². The van der Waals surface area contributed by atoms with E-state index in [2.05, 4.69) is 20.8 Å². The lowest BCUT2D eigenvalue weighted by Gasteiger charge is -2.11. The monoisotopic (exact) mass is 286 g/mol. The number of hydrogen-bond acceptors (Lipinski definition) is 5. The standard InChI is InChI=1S/C15H18N4O2/c1-4-21-19-15(20)13-6-5-7-16-14(13)18-12-8-10(2)17-11(3)9-12/h5-9H,4H2,1-3H3,(H,19,20)(H,16,17,18). The van der Waals surface area contributed by atoms with E-state index in [4.69, 9.17) is 4.84 Å². The van der Waals surface area contributed by atoms with Crippen LogP contribution in [0.1, 0.15) is 28.7 Å². The van der Waals surface area contributed by atoms with E-state index in [-0.39, 0.29) is 5.91 Å². The van der Waals surface area contributed by atoms with Gasteiger partial charge in [0.15, 0.2) is 0 Å². The average Bonchev–Trinajstić information content (AvgIpc) is 2.44. The number of nitrogens with one attached hydrogen (secondary N) is 2. The molecule has 2 N–H and O–H groups in total. The number of anilines is 2. The Morgan fingerprint density at radius 2 is 2.00 bits per heavy atom. The fourth-order valence-corrected chi connectivity index (χ4v) is 1.92. The molecule has 0 bridgehead atoms. The van der Waals surface area contributed by atoms with Crippen LogP contribution in [0.3, 0.4) is 0 Å². The molecule has 2 aromatic heterocycles. The maximum Gasteiger partial charge on any atom is 0.278 e. The Labute approximate surface area is 123 Å². The first kappa shape index (κ1) is 14.9. The topological polar surface area (TPSA) is 76.1 Å². The molecule has 110 valence electrons. The zero-order chi connectivity index (χ0) is 15.2. The van der Waals surface area contributed by atoms with Crippen molar-refractivity contribution in [1.82, 2.24) is 15.4 Å². The summed E-state index contributed by atoms with van der Waals surface area (Å²) in [5, 5.41) is 3.14. The first-order valence-electron chi connectivity index (χ1n) is 6.69. The Hall–Kier alpha value is -2.47. The summed E-state index contributed by atoms with van der Waals surface area (Å²) >= 11 is 0. The molecule has 0 aliphatic carbocycles. The number of aromatic nitrogens is 2. The van der Waals surface area contributed by atoms with Crippen LogP contribution in [0.4, 0.5) is 11.5 Å². The van der Waals surface area contributed by atoms with Crippen molar-refractivity contribution in [3.63, 3.8) is 0 Å². The van der Waals surface area contributed by atoms with Gasteiger partial charge in [-0.2, -0.15) is 0 Å². The van der Waals surface area contributed by atoms with Gasteiger partial charge < -0.3 is 5.32 Å². The summed E-state index contributed by atoms with van der Waals surface area (Å²) in [6.07, 6.45) is 1.63. The second kappa shape index (κ2) is 6.81. The van der Waals surface area contributed by atoms with E-state index in [1.54, 1.807) is 25.3 Å². The van der Waals surface area contributed by atoms with Crippen molar-refractivity contribution in [3.05, 3.63) is 47.4 Å². The quantitative estimate of drug-likeness (QED) is 0.826. The molecule has 0 unspecified atom stereocenters. The molecule has 0 atom stereocenters. The van der Waals surface area contributed by atoms with Gasteiger partial charge in [0.1, 0.15) is 5.82 Å². The summed E-state index contributed by atoms with van der Waals surface area (Å²) in [4.78, 5) is 25.5. The van der Waals surface area contributed by atoms with Crippen LogP contribution in [0, 0.1) is 13.8 Å². The fourth-order valence-electron chi connectivity index (χ4n) is 1.92. The van der Waals surface area contributed by atoms with E-state index in [0.717, 1.165) is 17.1 Å². The number of hydroxylamine groups is 1. The average molecular weight is 286 g/mol. The zero-order valence-corrected chi connectivity index (χ0v) is 12.3. The van der Waals surface area contributed by atoms with Crippen LogP contribution in [-0.4, -0.2) is 22.5 Å². The third-order valence-electron chi connectivity index (χ3n) is 2.71. The number of rotatable bonds is 5. The third kappa shape index (κ3) is 4.00. The Bertz CT molecular complexity index is 623. The Morgan fingerprint density at radius 3 is 2.67 bits per heavy atom. The number of hydrogen-bond donors (Lipinski definition) is 2. The minimum absolute atomic E-state index is 0.338. The van der Waals surface area contributed by atoms with Gasteiger partial charge in [-0.1, -0.05) is 0 Å². The molecule has 0 fully saturated rings. The van der Waals surface area contributed by atoms with Crippen molar-refractivity contribution < 1.29 is 9.63 Å². The predicted octanol–water partition coefficient (Wildman–Crippen LogP) is 2.52. The lowest BCUT2D eigenvalue weighted by atomic mass is 10.2. The third-order valence-corrected chi connectivity index (χ3v) is 2.71. The minimum atomic E-state index is -0.338.